The Kier molecular flexibility index (Phi) is 6.75. The molecule has 1 heterocycles. The number of rotatable bonds is 7. The van der Waals surface area contributed by atoms with Crippen molar-refractivity contribution >= 4 is 11.9 Å². The fraction of sp³-hybridized carbons (Fsp3) is 0.556. The van der Waals surface area contributed by atoms with Gasteiger partial charge in [-0.15, -0.1) is 0 Å². The molecule has 6 nitrogen and oxygen atoms in total. The summed E-state index contributed by atoms with van der Waals surface area (Å²) in [6.45, 7) is 1.90. The van der Waals surface area contributed by atoms with Crippen molar-refractivity contribution in [3.05, 3.63) is 35.9 Å². The van der Waals surface area contributed by atoms with E-state index in [-0.39, 0.29) is 18.9 Å². The second kappa shape index (κ2) is 8.80. The average molecular weight is 333 g/mol. The van der Waals surface area contributed by atoms with Gasteiger partial charge in [-0.25, -0.2) is 0 Å². The number of carbonyl (C=O) groups is 2. The Morgan fingerprint density at radius 3 is 2.71 bits per heavy atom. The molecule has 1 amide bonds. The van der Waals surface area contributed by atoms with Gasteiger partial charge < -0.3 is 20.3 Å². The summed E-state index contributed by atoms with van der Waals surface area (Å²) >= 11 is 0. The highest BCUT2D eigenvalue weighted by molar-refractivity contribution is 5.86. The first kappa shape index (κ1) is 18.4. The third-order valence-electron chi connectivity index (χ3n) is 4.48. The van der Waals surface area contributed by atoms with Crippen molar-refractivity contribution in [1.82, 2.24) is 9.80 Å². The van der Waals surface area contributed by atoms with Crippen LogP contribution < -0.4 is 5.73 Å². The fourth-order valence-corrected chi connectivity index (χ4v) is 2.96. The minimum atomic E-state index is -0.856. The Morgan fingerprint density at radius 2 is 2.08 bits per heavy atom. The number of esters is 1. The zero-order valence-corrected chi connectivity index (χ0v) is 14.5. The maximum atomic E-state index is 12.3. The molecular formula is C18H27N3O3. The smallest absolute Gasteiger partial charge is 0.308 e. The molecule has 1 fully saturated rings. The lowest BCUT2D eigenvalue weighted by atomic mass is 10.1. The summed E-state index contributed by atoms with van der Waals surface area (Å²) in [4.78, 5) is 28.1. The van der Waals surface area contributed by atoms with Crippen LogP contribution in [0.4, 0.5) is 0 Å². The molecular weight excluding hydrogens is 306 g/mol. The zero-order chi connectivity index (χ0) is 17.5. The summed E-state index contributed by atoms with van der Waals surface area (Å²) < 4.78 is 5.18. The van der Waals surface area contributed by atoms with Crippen LogP contribution in [-0.2, 0) is 20.9 Å². The lowest BCUT2D eigenvalue weighted by Crippen LogP contribution is -2.47. The van der Waals surface area contributed by atoms with Crippen molar-refractivity contribution in [2.45, 2.75) is 38.0 Å². The first-order chi connectivity index (χ1) is 11.5. The van der Waals surface area contributed by atoms with Crippen LogP contribution in [0.15, 0.2) is 30.3 Å². The van der Waals surface area contributed by atoms with Crippen molar-refractivity contribution in [3.63, 3.8) is 0 Å². The fourth-order valence-electron chi connectivity index (χ4n) is 2.96. The molecule has 0 aliphatic carbocycles. The molecule has 0 aromatic heterocycles. The Labute approximate surface area is 143 Å². The topological polar surface area (TPSA) is 75.9 Å². The molecule has 1 aromatic rings. The molecule has 1 aliphatic heterocycles. The molecule has 132 valence electrons. The standard InChI is InChI=1S/C18H27N3O3/c1-20-10-6-9-15(20)12-21(2)18(23)16(19)11-17(22)24-13-14-7-4-3-5-8-14/h3-5,7-8,15-16H,6,9-13,19H2,1-2H3/t15?,16-/m0/s1. The minimum Gasteiger partial charge on any atom is -0.461 e. The highest BCUT2D eigenvalue weighted by Gasteiger charge is 2.27. The third-order valence-corrected chi connectivity index (χ3v) is 4.48. The zero-order valence-electron chi connectivity index (χ0n) is 14.5. The summed E-state index contributed by atoms with van der Waals surface area (Å²) in [7, 11) is 3.81. The maximum absolute atomic E-state index is 12.3. The predicted octanol–water partition coefficient (Wildman–Crippen LogP) is 1.000. The van der Waals surface area contributed by atoms with Gasteiger partial charge >= 0.3 is 5.97 Å². The van der Waals surface area contributed by atoms with Gasteiger partial charge in [0, 0.05) is 19.6 Å². The van der Waals surface area contributed by atoms with Crippen molar-refractivity contribution in [2.75, 3.05) is 27.2 Å². The minimum absolute atomic E-state index is 0.101. The molecule has 2 rings (SSSR count). The normalized spacial score (nSPS) is 19.0. The van der Waals surface area contributed by atoms with Crippen molar-refractivity contribution in [1.29, 1.82) is 0 Å². The van der Waals surface area contributed by atoms with E-state index in [1.807, 2.05) is 30.3 Å². The summed E-state index contributed by atoms with van der Waals surface area (Å²) in [6, 6.07) is 8.94. The average Bonchev–Trinajstić information content (AvgIpc) is 2.98. The molecule has 1 aliphatic rings. The van der Waals surface area contributed by atoms with Gasteiger partial charge in [-0.3, -0.25) is 9.59 Å². The summed E-state index contributed by atoms with van der Waals surface area (Å²) in [6.07, 6.45) is 2.14. The molecule has 0 radical (unpaired) electrons. The molecule has 2 N–H and O–H groups in total. The van der Waals surface area contributed by atoms with Crippen LogP contribution in [0.2, 0.25) is 0 Å². The number of amides is 1. The first-order valence-corrected chi connectivity index (χ1v) is 8.37. The second-order valence-corrected chi connectivity index (χ2v) is 6.45. The molecule has 1 aromatic carbocycles. The molecule has 24 heavy (non-hydrogen) atoms. The number of carbonyl (C=O) groups excluding carboxylic acids is 2. The monoisotopic (exact) mass is 333 g/mol. The van der Waals surface area contributed by atoms with Crippen LogP contribution in [0.25, 0.3) is 0 Å². The van der Waals surface area contributed by atoms with Gasteiger partial charge in [0.25, 0.3) is 0 Å². The van der Waals surface area contributed by atoms with E-state index >= 15 is 0 Å². The number of benzene rings is 1. The van der Waals surface area contributed by atoms with Gasteiger partial charge in [0.1, 0.15) is 6.61 Å². The number of nitrogens with zero attached hydrogens (tertiary/aromatic N) is 2. The summed E-state index contributed by atoms with van der Waals surface area (Å²) in [5.41, 5.74) is 6.80. The van der Waals surface area contributed by atoms with Gasteiger partial charge in [-0.2, -0.15) is 0 Å². The number of likely N-dealkylation sites (tertiary alicyclic amines) is 1. The predicted molar refractivity (Wildman–Crippen MR) is 92.1 cm³/mol. The summed E-state index contributed by atoms with van der Waals surface area (Å²) in [5, 5.41) is 0. The van der Waals surface area contributed by atoms with Crippen LogP contribution in [0, 0.1) is 0 Å². The van der Waals surface area contributed by atoms with E-state index in [1.54, 1.807) is 11.9 Å². The molecule has 6 heteroatoms. The van der Waals surface area contributed by atoms with E-state index in [1.165, 1.54) is 0 Å². The Hall–Kier alpha value is -1.92. The van der Waals surface area contributed by atoms with Crippen LogP contribution in [-0.4, -0.2) is 60.9 Å². The van der Waals surface area contributed by atoms with Gasteiger partial charge in [0.15, 0.2) is 0 Å². The third kappa shape index (κ3) is 5.32. The van der Waals surface area contributed by atoms with Crippen molar-refractivity contribution in [3.8, 4) is 0 Å². The van der Waals surface area contributed by atoms with E-state index < -0.39 is 12.0 Å². The molecule has 0 bridgehead atoms. The lowest BCUT2D eigenvalue weighted by molar-refractivity contribution is -0.148. The number of likely N-dealkylation sites (N-methyl/N-ethyl adjacent to an activating group) is 2. The van der Waals surface area contributed by atoms with Crippen LogP contribution in [0.5, 0.6) is 0 Å². The van der Waals surface area contributed by atoms with E-state index in [0.717, 1.165) is 24.9 Å². The maximum Gasteiger partial charge on any atom is 0.308 e. The van der Waals surface area contributed by atoms with Crippen molar-refractivity contribution in [2.24, 2.45) is 5.73 Å². The van der Waals surface area contributed by atoms with Gasteiger partial charge in [0.05, 0.1) is 12.5 Å². The van der Waals surface area contributed by atoms with Crippen LogP contribution >= 0.6 is 0 Å². The van der Waals surface area contributed by atoms with Gasteiger partial charge in [0.2, 0.25) is 5.91 Å². The number of hydrogen-bond acceptors (Lipinski definition) is 5. The van der Waals surface area contributed by atoms with E-state index in [4.69, 9.17) is 10.5 Å². The Bertz CT molecular complexity index is 550. The Morgan fingerprint density at radius 1 is 1.38 bits per heavy atom. The molecule has 0 saturated carbocycles. The van der Waals surface area contributed by atoms with Crippen LogP contribution in [0.1, 0.15) is 24.8 Å². The number of nitrogens with two attached hydrogens (primary N) is 1. The van der Waals surface area contributed by atoms with Crippen molar-refractivity contribution < 1.29 is 14.3 Å². The molecule has 1 saturated heterocycles. The second-order valence-electron chi connectivity index (χ2n) is 6.45. The highest BCUT2D eigenvalue weighted by atomic mass is 16.5. The highest BCUT2D eigenvalue weighted by Crippen LogP contribution is 2.15. The largest absolute Gasteiger partial charge is 0.461 e. The first-order valence-electron chi connectivity index (χ1n) is 8.37. The van der Waals surface area contributed by atoms with Crippen LogP contribution in [0.3, 0.4) is 0 Å². The lowest BCUT2D eigenvalue weighted by Gasteiger charge is -2.27. The van der Waals surface area contributed by atoms with E-state index in [9.17, 15) is 9.59 Å². The quantitative estimate of drug-likeness (QED) is 0.754. The molecule has 1 unspecified atom stereocenters. The SMILES string of the molecule is CN(CC1CCCN1C)C(=O)[C@@H](N)CC(=O)OCc1ccccc1. The molecule has 2 atom stereocenters. The van der Waals surface area contributed by atoms with Gasteiger partial charge in [-0.05, 0) is 32.0 Å². The van der Waals surface area contributed by atoms with E-state index in [0.29, 0.717) is 12.6 Å². The number of ether oxygens (including phenoxy) is 1. The molecule has 0 spiro atoms. The van der Waals surface area contributed by atoms with E-state index in [2.05, 4.69) is 11.9 Å². The number of hydrogen-bond donors (Lipinski definition) is 1. The Balaban J connectivity index is 1.74. The van der Waals surface area contributed by atoms with Gasteiger partial charge in [-0.1, -0.05) is 30.3 Å². The summed E-state index contributed by atoms with van der Waals surface area (Å²) in [5.74, 6) is -0.668.